The molecular formula is C15H23N3O2. The third kappa shape index (κ3) is 5.01. The van der Waals surface area contributed by atoms with Gasteiger partial charge in [0.1, 0.15) is 0 Å². The van der Waals surface area contributed by atoms with E-state index in [0.717, 1.165) is 18.4 Å². The molecule has 0 bridgehead atoms. The van der Waals surface area contributed by atoms with Crippen molar-refractivity contribution in [3.05, 3.63) is 23.8 Å². The SMILES string of the molecule is CCCC[C@H](N)C(=O)Nc1cc(NC(C)=O)ccc1C. The van der Waals surface area contributed by atoms with E-state index < -0.39 is 6.04 Å². The lowest BCUT2D eigenvalue weighted by atomic mass is 10.1. The molecule has 0 unspecified atom stereocenters. The second-order valence-electron chi connectivity index (χ2n) is 4.95. The number of benzene rings is 1. The van der Waals surface area contributed by atoms with E-state index in [1.54, 1.807) is 12.1 Å². The van der Waals surface area contributed by atoms with E-state index in [4.69, 9.17) is 5.73 Å². The second kappa shape index (κ2) is 7.65. The number of anilines is 2. The summed E-state index contributed by atoms with van der Waals surface area (Å²) >= 11 is 0. The first-order valence-electron chi connectivity index (χ1n) is 6.88. The van der Waals surface area contributed by atoms with Gasteiger partial charge >= 0.3 is 0 Å². The molecule has 1 aromatic rings. The molecule has 0 heterocycles. The number of amides is 2. The smallest absolute Gasteiger partial charge is 0.241 e. The van der Waals surface area contributed by atoms with Gasteiger partial charge in [-0.25, -0.2) is 0 Å². The lowest BCUT2D eigenvalue weighted by Gasteiger charge is -2.14. The summed E-state index contributed by atoms with van der Waals surface area (Å²) in [7, 11) is 0. The van der Waals surface area contributed by atoms with E-state index in [9.17, 15) is 9.59 Å². The number of carbonyl (C=O) groups excluding carboxylic acids is 2. The third-order valence-electron chi connectivity index (χ3n) is 3.02. The van der Waals surface area contributed by atoms with E-state index in [1.807, 2.05) is 13.0 Å². The predicted octanol–water partition coefficient (Wildman–Crippen LogP) is 2.41. The number of rotatable bonds is 6. The van der Waals surface area contributed by atoms with E-state index in [0.29, 0.717) is 17.8 Å². The van der Waals surface area contributed by atoms with Crippen molar-refractivity contribution in [1.82, 2.24) is 0 Å². The lowest BCUT2D eigenvalue weighted by Crippen LogP contribution is -2.35. The summed E-state index contributed by atoms with van der Waals surface area (Å²) in [6.45, 7) is 5.40. The average molecular weight is 277 g/mol. The Labute approximate surface area is 119 Å². The highest BCUT2D eigenvalue weighted by Gasteiger charge is 2.14. The van der Waals surface area contributed by atoms with E-state index in [-0.39, 0.29) is 11.8 Å². The number of nitrogens with one attached hydrogen (secondary N) is 2. The van der Waals surface area contributed by atoms with Gasteiger partial charge in [-0.2, -0.15) is 0 Å². The van der Waals surface area contributed by atoms with Crippen molar-refractivity contribution in [2.24, 2.45) is 5.73 Å². The maximum Gasteiger partial charge on any atom is 0.241 e. The van der Waals surface area contributed by atoms with Crippen molar-refractivity contribution in [2.75, 3.05) is 10.6 Å². The predicted molar refractivity (Wildman–Crippen MR) is 81.6 cm³/mol. The second-order valence-corrected chi connectivity index (χ2v) is 4.95. The van der Waals surface area contributed by atoms with Crippen LogP contribution in [0.5, 0.6) is 0 Å². The molecule has 110 valence electrons. The Balaban J connectivity index is 2.75. The van der Waals surface area contributed by atoms with Gasteiger partial charge in [0.15, 0.2) is 0 Å². The maximum absolute atomic E-state index is 12.0. The molecule has 0 spiro atoms. The van der Waals surface area contributed by atoms with Gasteiger partial charge in [-0.3, -0.25) is 9.59 Å². The molecule has 4 N–H and O–H groups in total. The van der Waals surface area contributed by atoms with Gasteiger partial charge in [0.05, 0.1) is 6.04 Å². The zero-order valence-corrected chi connectivity index (χ0v) is 12.3. The highest BCUT2D eigenvalue weighted by molar-refractivity contribution is 5.96. The van der Waals surface area contributed by atoms with Crippen molar-refractivity contribution in [3.63, 3.8) is 0 Å². The minimum atomic E-state index is -0.501. The fourth-order valence-corrected chi connectivity index (χ4v) is 1.82. The van der Waals surface area contributed by atoms with Crippen LogP contribution in [-0.4, -0.2) is 17.9 Å². The summed E-state index contributed by atoms with van der Waals surface area (Å²) in [6.07, 6.45) is 2.62. The molecule has 0 aliphatic rings. The summed E-state index contributed by atoms with van der Waals surface area (Å²) < 4.78 is 0. The van der Waals surface area contributed by atoms with E-state index >= 15 is 0 Å². The minimum Gasteiger partial charge on any atom is -0.326 e. The number of hydrogen-bond donors (Lipinski definition) is 3. The van der Waals surface area contributed by atoms with E-state index in [1.165, 1.54) is 6.92 Å². The molecule has 2 amide bonds. The number of carbonyl (C=O) groups is 2. The zero-order chi connectivity index (χ0) is 15.1. The van der Waals surface area contributed by atoms with E-state index in [2.05, 4.69) is 17.6 Å². The molecule has 1 atom stereocenters. The Hall–Kier alpha value is -1.88. The van der Waals surface area contributed by atoms with Crippen molar-refractivity contribution in [1.29, 1.82) is 0 Å². The van der Waals surface area contributed by atoms with Crippen LogP contribution in [0.4, 0.5) is 11.4 Å². The molecule has 5 nitrogen and oxygen atoms in total. The van der Waals surface area contributed by atoms with Gasteiger partial charge in [0.2, 0.25) is 11.8 Å². The summed E-state index contributed by atoms with van der Waals surface area (Å²) in [4.78, 5) is 23.0. The van der Waals surface area contributed by atoms with Crippen LogP contribution in [0, 0.1) is 6.92 Å². The van der Waals surface area contributed by atoms with Crippen LogP contribution >= 0.6 is 0 Å². The highest BCUT2D eigenvalue weighted by atomic mass is 16.2. The first-order valence-corrected chi connectivity index (χ1v) is 6.88. The summed E-state index contributed by atoms with van der Waals surface area (Å²) in [5, 5.41) is 5.50. The lowest BCUT2D eigenvalue weighted by molar-refractivity contribution is -0.117. The average Bonchev–Trinajstić information content (AvgIpc) is 2.39. The molecule has 0 aliphatic heterocycles. The fourth-order valence-electron chi connectivity index (χ4n) is 1.82. The highest BCUT2D eigenvalue weighted by Crippen LogP contribution is 2.20. The Bertz CT molecular complexity index is 486. The molecule has 0 radical (unpaired) electrons. The van der Waals surface area contributed by atoms with Crippen LogP contribution < -0.4 is 16.4 Å². The Kier molecular flexibility index (Phi) is 6.18. The van der Waals surface area contributed by atoms with Gasteiger partial charge < -0.3 is 16.4 Å². The van der Waals surface area contributed by atoms with Crippen LogP contribution in [0.2, 0.25) is 0 Å². The zero-order valence-electron chi connectivity index (χ0n) is 12.3. The molecule has 1 aromatic carbocycles. The Morgan fingerprint density at radius 3 is 2.60 bits per heavy atom. The van der Waals surface area contributed by atoms with Crippen molar-refractivity contribution >= 4 is 23.2 Å². The Morgan fingerprint density at radius 1 is 1.30 bits per heavy atom. The summed E-state index contributed by atoms with van der Waals surface area (Å²) in [5.74, 6) is -0.340. The summed E-state index contributed by atoms with van der Waals surface area (Å²) in [5.41, 5.74) is 8.09. The van der Waals surface area contributed by atoms with Crippen molar-refractivity contribution in [3.8, 4) is 0 Å². The first kappa shape index (κ1) is 16.2. The van der Waals surface area contributed by atoms with Crippen molar-refractivity contribution in [2.45, 2.75) is 46.1 Å². The van der Waals surface area contributed by atoms with Gasteiger partial charge in [0.25, 0.3) is 0 Å². The van der Waals surface area contributed by atoms with Crippen LogP contribution in [-0.2, 0) is 9.59 Å². The Morgan fingerprint density at radius 2 is 2.00 bits per heavy atom. The fraction of sp³-hybridized carbons (Fsp3) is 0.467. The molecule has 20 heavy (non-hydrogen) atoms. The first-order chi connectivity index (χ1) is 9.43. The van der Waals surface area contributed by atoms with Crippen LogP contribution in [0.1, 0.15) is 38.7 Å². The quantitative estimate of drug-likeness (QED) is 0.746. The molecule has 1 rings (SSSR count). The maximum atomic E-state index is 12.0. The number of aryl methyl sites for hydroxylation is 1. The number of hydrogen-bond acceptors (Lipinski definition) is 3. The van der Waals surface area contributed by atoms with Gasteiger partial charge in [-0.05, 0) is 31.0 Å². The topological polar surface area (TPSA) is 84.2 Å². The molecule has 5 heteroatoms. The van der Waals surface area contributed by atoms with Gasteiger partial charge in [-0.15, -0.1) is 0 Å². The molecule has 0 aromatic heterocycles. The van der Waals surface area contributed by atoms with Crippen LogP contribution in [0.15, 0.2) is 18.2 Å². The number of unbranched alkanes of at least 4 members (excludes halogenated alkanes) is 1. The normalized spacial score (nSPS) is 11.8. The molecule has 0 saturated heterocycles. The van der Waals surface area contributed by atoms with Gasteiger partial charge in [0, 0.05) is 18.3 Å². The molecule has 0 saturated carbocycles. The third-order valence-corrected chi connectivity index (χ3v) is 3.02. The monoisotopic (exact) mass is 277 g/mol. The standard InChI is InChI=1S/C15H23N3O2/c1-4-5-6-13(16)15(20)18-14-9-12(17-11(3)19)8-7-10(14)2/h7-9,13H,4-6,16H2,1-3H3,(H,17,19)(H,18,20)/t13-/m0/s1. The summed E-state index contributed by atoms with van der Waals surface area (Å²) in [6, 6.07) is 4.88. The molecule has 0 aliphatic carbocycles. The van der Waals surface area contributed by atoms with Gasteiger partial charge in [-0.1, -0.05) is 25.8 Å². The largest absolute Gasteiger partial charge is 0.326 e. The number of nitrogens with two attached hydrogens (primary N) is 1. The van der Waals surface area contributed by atoms with Crippen LogP contribution in [0.3, 0.4) is 0 Å². The van der Waals surface area contributed by atoms with Crippen LogP contribution in [0.25, 0.3) is 0 Å². The molecule has 0 fully saturated rings. The van der Waals surface area contributed by atoms with Crippen molar-refractivity contribution < 1.29 is 9.59 Å². The molecular weight excluding hydrogens is 254 g/mol. The minimum absolute atomic E-state index is 0.147.